The summed E-state index contributed by atoms with van der Waals surface area (Å²) in [7, 11) is 0. The molecule has 1 unspecified atom stereocenters. The molecule has 1 atom stereocenters. The van der Waals surface area contributed by atoms with E-state index >= 15 is 0 Å². The van der Waals surface area contributed by atoms with Gasteiger partial charge in [-0.05, 0) is 12.1 Å². The van der Waals surface area contributed by atoms with E-state index in [-0.39, 0.29) is 25.3 Å². The Labute approximate surface area is 110 Å². The number of aliphatic hydroxyl groups excluding tert-OH is 1. The van der Waals surface area contributed by atoms with E-state index in [0.717, 1.165) is 10.9 Å². The molecule has 0 spiro atoms. The van der Waals surface area contributed by atoms with Gasteiger partial charge in [0.15, 0.2) is 0 Å². The van der Waals surface area contributed by atoms with Crippen molar-refractivity contribution >= 4 is 16.9 Å². The van der Waals surface area contributed by atoms with Gasteiger partial charge < -0.3 is 15.0 Å². The molecule has 1 aromatic carbocycles. The second-order valence-corrected chi connectivity index (χ2v) is 3.53. The molecule has 0 bridgehead atoms. The Morgan fingerprint density at radius 1 is 1.29 bits per heavy atom. The van der Waals surface area contributed by atoms with Crippen molar-refractivity contribution in [2.75, 3.05) is 0 Å². The minimum Gasteiger partial charge on any atom is -0.547 e. The van der Waals surface area contributed by atoms with Gasteiger partial charge in [-0.15, -0.1) is 0 Å². The van der Waals surface area contributed by atoms with Gasteiger partial charge in [0.1, 0.15) is 0 Å². The first-order chi connectivity index (χ1) is 7.66. The maximum Gasteiger partial charge on any atom is 1.00 e. The maximum atomic E-state index is 10.4. The molecule has 1 aromatic heterocycles. The van der Waals surface area contributed by atoms with Gasteiger partial charge >= 0.3 is 18.9 Å². The predicted octanol–water partition coefficient (Wildman–Crippen LogP) is -3.11. The van der Waals surface area contributed by atoms with Crippen LogP contribution in [0.2, 0.25) is 0 Å². The molecule has 2 aromatic rings. The van der Waals surface area contributed by atoms with Gasteiger partial charge in [0.25, 0.3) is 0 Å². The number of para-hydroxylation sites is 1. The molecule has 2 rings (SSSR count). The second kappa shape index (κ2) is 5.83. The second-order valence-electron chi connectivity index (χ2n) is 3.53. The Balaban J connectivity index is 0.00000144. The van der Waals surface area contributed by atoms with Crippen molar-refractivity contribution in [3.05, 3.63) is 42.1 Å². The summed E-state index contributed by atoms with van der Waals surface area (Å²) in [5, 5.41) is 20.5. The number of hydrogen-bond acceptors (Lipinski definition) is 4. The number of carbonyl (C=O) groups excluding carboxylic acids is 1. The van der Waals surface area contributed by atoms with Crippen LogP contribution >= 0.6 is 0 Å². The molecule has 0 aliphatic rings. The van der Waals surface area contributed by atoms with E-state index in [1.165, 1.54) is 0 Å². The quantitative estimate of drug-likeness (QED) is 0.559. The van der Waals surface area contributed by atoms with Crippen LogP contribution in [0.3, 0.4) is 0 Å². The third kappa shape index (κ3) is 3.30. The van der Waals surface area contributed by atoms with Crippen LogP contribution in [0.5, 0.6) is 0 Å². The van der Waals surface area contributed by atoms with E-state index in [0.29, 0.717) is 5.69 Å². The zero-order valence-corrected chi connectivity index (χ0v) is 9.46. The number of carboxylic acids is 1. The molecule has 0 amide bonds. The number of benzene rings is 1. The smallest absolute Gasteiger partial charge is 0.547 e. The Morgan fingerprint density at radius 3 is 2.71 bits per heavy atom. The molecular formula is C12H10LiNO3. The van der Waals surface area contributed by atoms with E-state index in [1.807, 2.05) is 30.3 Å². The number of nitrogens with zero attached hydrogens (tertiary/aromatic N) is 1. The van der Waals surface area contributed by atoms with Crippen LogP contribution < -0.4 is 24.0 Å². The Kier molecular flexibility index (Phi) is 4.70. The summed E-state index contributed by atoms with van der Waals surface area (Å²) >= 11 is 0. The van der Waals surface area contributed by atoms with Crippen LogP contribution in [0, 0.1) is 0 Å². The van der Waals surface area contributed by atoms with Crippen LogP contribution in [0.1, 0.15) is 5.69 Å². The van der Waals surface area contributed by atoms with Gasteiger partial charge in [0, 0.05) is 17.5 Å². The molecule has 1 heterocycles. The van der Waals surface area contributed by atoms with Crippen LogP contribution in [0.15, 0.2) is 36.4 Å². The number of aliphatic carboxylic acids is 1. The van der Waals surface area contributed by atoms with Crippen molar-refractivity contribution in [2.24, 2.45) is 0 Å². The minimum atomic E-state index is -1.51. The zero-order chi connectivity index (χ0) is 11.5. The first-order valence-electron chi connectivity index (χ1n) is 4.90. The van der Waals surface area contributed by atoms with Gasteiger partial charge in [0.05, 0.1) is 17.6 Å². The molecule has 4 nitrogen and oxygen atoms in total. The number of aromatic nitrogens is 1. The van der Waals surface area contributed by atoms with E-state index in [2.05, 4.69) is 4.98 Å². The summed E-state index contributed by atoms with van der Waals surface area (Å²) in [6.45, 7) is 0. The summed E-state index contributed by atoms with van der Waals surface area (Å²) in [5.74, 6) is -1.48. The summed E-state index contributed by atoms with van der Waals surface area (Å²) in [5.41, 5.74) is 1.32. The van der Waals surface area contributed by atoms with Crippen LogP contribution in [0.25, 0.3) is 10.9 Å². The largest absolute Gasteiger partial charge is 1.00 e. The monoisotopic (exact) mass is 223 g/mol. The average Bonchev–Trinajstić information content (AvgIpc) is 2.28. The zero-order valence-electron chi connectivity index (χ0n) is 9.46. The van der Waals surface area contributed by atoms with Gasteiger partial charge in [-0.3, -0.25) is 4.98 Å². The molecule has 5 heteroatoms. The van der Waals surface area contributed by atoms with Gasteiger partial charge in [0.2, 0.25) is 0 Å². The first-order valence-corrected chi connectivity index (χ1v) is 4.90. The molecular weight excluding hydrogens is 213 g/mol. The van der Waals surface area contributed by atoms with E-state index < -0.39 is 12.1 Å². The normalized spacial score (nSPS) is 11.8. The standard InChI is InChI=1S/C12H11NO3.Li/c14-11(12(15)16)7-9-6-5-8-3-1-2-4-10(8)13-9;/h1-6,11,14H,7H2,(H,15,16);/q;+1/p-1. The predicted molar refractivity (Wildman–Crippen MR) is 56.5 cm³/mol. The van der Waals surface area contributed by atoms with Gasteiger partial charge in [-0.25, -0.2) is 0 Å². The molecule has 0 aliphatic carbocycles. The van der Waals surface area contributed by atoms with Crippen LogP contribution in [0.4, 0.5) is 0 Å². The number of hydrogen-bond donors (Lipinski definition) is 1. The molecule has 17 heavy (non-hydrogen) atoms. The SMILES string of the molecule is O=C([O-])C(O)Cc1ccc2ccccc2n1.[Li+]. The third-order valence-corrected chi connectivity index (χ3v) is 2.33. The molecule has 0 aliphatic heterocycles. The van der Waals surface area contributed by atoms with Gasteiger partial charge in [-0.1, -0.05) is 24.3 Å². The number of carboxylic acid groups (broad SMARTS) is 1. The Bertz CT molecular complexity index is 530. The van der Waals surface area contributed by atoms with Crippen molar-refractivity contribution in [3.8, 4) is 0 Å². The van der Waals surface area contributed by atoms with Crippen molar-refractivity contribution in [1.82, 2.24) is 4.98 Å². The van der Waals surface area contributed by atoms with Crippen LogP contribution in [-0.2, 0) is 11.2 Å². The molecule has 0 fully saturated rings. The average molecular weight is 223 g/mol. The molecule has 0 saturated heterocycles. The summed E-state index contributed by atoms with van der Waals surface area (Å²) < 4.78 is 0. The summed E-state index contributed by atoms with van der Waals surface area (Å²) in [4.78, 5) is 14.6. The number of aliphatic hydroxyl groups is 1. The number of rotatable bonds is 3. The molecule has 0 radical (unpaired) electrons. The fourth-order valence-electron chi connectivity index (χ4n) is 1.50. The maximum absolute atomic E-state index is 10.4. The molecule has 82 valence electrons. The topological polar surface area (TPSA) is 73.2 Å². The molecule has 0 saturated carbocycles. The number of fused-ring (bicyclic) bond motifs is 1. The number of pyridine rings is 1. The van der Waals surface area contributed by atoms with E-state index in [1.54, 1.807) is 6.07 Å². The van der Waals surface area contributed by atoms with Crippen molar-refractivity contribution < 1.29 is 33.9 Å². The van der Waals surface area contributed by atoms with Crippen LogP contribution in [-0.4, -0.2) is 22.2 Å². The Morgan fingerprint density at radius 2 is 2.00 bits per heavy atom. The van der Waals surface area contributed by atoms with Crippen molar-refractivity contribution in [3.63, 3.8) is 0 Å². The third-order valence-electron chi connectivity index (χ3n) is 2.33. The minimum absolute atomic E-state index is 0. The van der Waals surface area contributed by atoms with Gasteiger partial charge in [-0.2, -0.15) is 0 Å². The first kappa shape index (κ1) is 13.7. The fourth-order valence-corrected chi connectivity index (χ4v) is 1.50. The fraction of sp³-hybridized carbons (Fsp3) is 0.167. The Hall–Kier alpha value is -1.34. The van der Waals surface area contributed by atoms with Crippen molar-refractivity contribution in [2.45, 2.75) is 12.5 Å². The number of carbonyl (C=O) groups is 1. The van der Waals surface area contributed by atoms with Crippen molar-refractivity contribution in [1.29, 1.82) is 0 Å². The van der Waals surface area contributed by atoms with E-state index in [9.17, 15) is 9.90 Å². The summed E-state index contributed by atoms with van der Waals surface area (Å²) in [6.07, 6.45) is -1.54. The summed E-state index contributed by atoms with van der Waals surface area (Å²) in [6, 6.07) is 11.1. The van der Waals surface area contributed by atoms with E-state index in [4.69, 9.17) is 5.11 Å². The molecule has 1 N–H and O–H groups in total.